The molecule has 3 aromatic rings. The zero-order valence-corrected chi connectivity index (χ0v) is 20.2. The predicted molar refractivity (Wildman–Crippen MR) is 138 cm³/mol. The molecule has 0 spiro atoms. The molecule has 6 heteroatoms. The number of para-hydroxylation sites is 2. The monoisotopic (exact) mass is 484 g/mol. The van der Waals surface area contributed by atoms with E-state index in [0.29, 0.717) is 28.5 Å². The Kier molecular flexibility index (Phi) is 6.85. The molecule has 0 aromatic heterocycles. The summed E-state index contributed by atoms with van der Waals surface area (Å²) in [5.41, 5.74) is 2.32. The van der Waals surface area contributed by atoms with Gasteiger partial charge in [-0.2, -0.15) is 0 Å². The smallest absolute Gasteiger partial charge is 0.294 e. The minimum absolute atomic E-state index is 0.0806. The molecular weight excluding hydrogens is 455 g/mol. The average Bonchev–Trinajstić information content (AvgIpc) is 2.89. The normalized spacial score (nSPS) is 20.6. The van der Waals surface area contributed by atoms with Gasteiger partial charge in [0.05, 0.1) is 12.2 Å². The van der Waals surface area contributed by atoms with Crippen LogP contribution in [-0.2, 0) is 11.3 Å². The minimum atomic E-state index is -0.365. The van der Waals surface area contributed by atoms with Crippen molar-refractivity contribution in [1.29, 1.82) is 0 Å². The fraction of sp³-hybridized carbons (Fsp3) is 0.267. The lowest BCUT2D eigenvalue weighted by Gasteiger charge is -2.30. The molecule has 36 heavy (non-hydrogen) atoms. The number of carbonyl (C=O) groups is 2. The van der Waals surface area contributed by atoms with Crippen LogP contribution in [0.15, 0.2) is 78.6 Å². The SMILES string of the molecule is C[C@H]1CCCC[C@@H]1NC(=O)c1ccc(/C=C2\Oc3ccccc3N(Cc3ccccc3F)C2=O)cc1. The van der Waals surface area contributed by atoms with Crippen molar-refractivity contribution >= 4 is 23.6 Å². The molecule has 5 nitrogen and oxygen atoms in total. The first-order chi connectivity index (χ1) is 17.5. The summed E-state index contributed by atoms with van der Waals surface area (Å²) in [5.74, 6) is 0.344. The summed E-state index contributed by atoms with van der Waals surface area (Å²) in [6.07, 6.45) is 6.17. The third-order valence-corrected chi connectivity index (χ3v) is 7.02. The van der Waals surface area contributed by atoms with Crippen molar-refractivity contribution in [2.24, 2.45) is 5.92 Å². The molecule has 5 rings (SSSR count). The predicted octanol–water partition coefficient (Wildman–Crippen LogP) is 6.10. The van der Waals surface area contributed by atoms with E-state index in [4.69, 9.17) is 4.74 Å². The minimum Gasteiger partial charge on any atom is -0.449 e. The fourth-order valence-corrected chi connectivity index (χ4v) is 4.88. The van der Waals surface area contributed by atoms with Crippen LogP contribution in [-0.4, -0.2) is 17.9 Å². The number of nitrogens with zero attached hydrogens (tertiary/aromatic N) is 1. The van der Waals surface area contributed by atoms with Gasteiger partial charge in [-0.3, -0.25) is 14.5 Å². The van der Waals surface area contributed by atoms with E-state index in [9.17, 15) is 14.0 Å². The molecule has 0 bridgehead atoms. The van der Waals surface area contributed by atoms with Gasteiger partial charge in [0.25, 0.3) is 11.8 Å². The summed E-state index contributed by atoms with van der Waals surface area (Å²) in [7, 11) is 0. The molecule has 3 aromatic carbocycles. The Balaban J connectivity index is 1.36. The van der Waals surface area contributed by atoms with Crippen molar-refractivity contribution in [2.45, 2.75) is 45.2 Å². The Morgan fingerprint density at radius 1 is 1.03 bits per heavy atom. The number of benzene rings is 3. The Hall–Kier alpha value is -3.93. The van der Waals surface area contributed by atoms with Gasteiger partial charge in [0.2, 0.25) is 0 Å². The van der Waals surface area contributed by atoms with Gasteiger partial charge in [0.15, 0.2) is 11.5 Å². The lowest BCUT2D eigenvalue weighted by molar-refractivity contribution is -0.117. The Labute approximate surface area is 210 Å². The first kappa shape index (κ1) is 23.8. The number of anilines is 1. The van der Waals surface area contributed by atoms with E-state index in [-0.39, 0.29) is 36.0 Å². The highest BCUT2D eigenvalue weighted by molar-refractivity contribution is 6.09. The molecule has 0 saturated heterocycles. The van der Waals surface area contributed by atoms with Crippen molar-refractivity contribution in [3.8, 4) is 5.75 Å². The average molecular weight is 485 g/mol. The maximum atomic E-state index is 14.3. The summed E-state index contributed by atoms with van der Waals surface area (Å²) in [5, 5.41) is 3.17. The molecule has 2 atom stereocenters. The van der Waals surface area contributed by atoms with Crippen LogP contribution >= 0.6 is 0 Å². The molecule has 2 amide bonds. The maximum Gasteiger partial charge on any atom is 0.294 e. The van der Waals surface area contributed by atoms with Gasteiger partial charge in [-0.1, -0.05) is 62.2 Å². The molecule has 0 radical (unpaired) electrons. The molecular formula is C30H29FN2O3. The number of carbonyl (C=O) groups excluding carboxylic acids is 2. The van der Waals surface area contributed by atoms with Crippen LogP contribution in [0.4, 0.5) is 10.1 Å². The molecule has 2 aliphatic rings. The van der Waals surface area contributed by atoms with Crippen molar-refractivity contribution in [3.05, 3.63) is 101 Å². The number of hydrogen-bond donors (Lipinski definition) is 1. The summed E-state index contributed by atoms with van der Waals surface area (Å²) in [6.45, 7) is 2.27. The number of hydrogen-bond acceptors (Lipinski definition) is 3. The first-order valence-electron chi connectivity index (χ1n) is 12.4. The van der Waals surface area contributed by atoms with Crippen molar-refractivity contribution < 1.29 is 18.7 Å². The van der Waals surface area contributed by atoms with Crippen LogP contribution < -0.4 is 15.0 Å². The summed E-state index contributed by atoms with van der Waals surface area (Å²) < 4.78 is 20.3. The Morgan fingerprint density at radius 3 is 2.53 bits per heavy atom. The van der Waals surface area contributed by atoms with Gasteiger partial charge in [-0.25, -0.2) is 4.39 Å². The van der Waals surface area contributed by atoms with E-state index >= 15 is 0 Å². The third kappa shape index (κ3) is 5.03. The van der Waals surface area contributed by atoms with E-state index in [1.54, 1.807) is 60.7 Å². The van der Waals surface area contributed by atoms with Crippen molar-refractivity contribution in [2.75, 3.05) is 4.90 Å². The van der Waals surface area contributed by atoms with E-state index in [1.165, 1.54) is 17.4 Å². The van der Waals surface area contributed by atoms with Gasteiger partial charge in [0.1, 0.15) is 5.82 Å². The third-order valence-electron chi connectivity index (χ3n) is 7.02. The molecule has 1 aliphatic heterocycles. The number of fused-ring (bicyclic) bond motifs is 1. The summed E-state index contributed by atoms with van der Waals surface area (Å²) in [6, 6.07) is 21.0. The topological polar surface area (TPSA) is 58.6 Å². The molecule has 1 aliphatic carbocycles. The molecule has 1 N–H and O–H groups in total. The van der Waals surface area contributed by atoms with Gasteiger partial charge < -0.3 is 10.1 Å². The maximum absolute atomic E-state index is 14.3. The molecule has 1 heterocycles. The zero-order valence-electron chi connectivity index (χ0n) is 20.2. The number of amides is 2. The lowest BCUT2D eigenvalue weighted by Crippen LogP contribution is -2.41. The second kappa shape index (κ2) is 10.4. The Morgan fingerprint density at radius 2 is 1.75 bits per heavy atom. The fourth-order valence-electron chi connectivity index (χ4n) is 4.88. The second-order valence-electron chi connectivity index (χ2n) is 9.52. The largest absolute Gasteiger partial charge is 0.449 e. The first-order valence-corrected chi connectivity index (χ1v) is 12.4. The van der Waals surface area contributed by atoms with Crippen molar-refractivity contribution in [3.63, 3.8) is 0 Å². The highest BCUT2D eigenvalue weighted by Crippen LogP contribution is 2.36. The Bertz CT molecular complexity index is 1300. The summed E-state index contributed by atoms with van der Waals surface area (Å²) in [4.78, 5) is 27.7. The van der Waals surface area contributed by atoms with Crippen LogP contribution in [0.25, 0.3) is 6.08 Å². The van der Waals surface area contributed by atoms with E-state index < -0.39 is 0 Å². The van der Waals surface area contributed by atoms with Crippen molar-refractivity contribution in [1.82, 2.24) is 5.32 Å². The van der Waals surface area contributed by atoms with Crippen LogP contribution in [0.3, 0.4) is 0 Å². The number of halogens is 1. The molecule has 184 valence electrons. The molecule has 1 fully saturated rings. The van der Waals surface area contributed by atoms with Gasteiger partial charge in [0, 0.05) is 17.2 Å². The molecule has 1 saturated carbocycles. The number of ether oxygens (including phenoxy) is 1. The standard InChI is InChI=1S/C30H29FN2O3/c1-20-8-2-5-11-25(20)32-29(34)22-16-14-21(15-17-22)18-28-30(35)33(19-23-9-3-4-10-24(23)31)26-12-6-7-13-27(26)36-28/h3-4,6-7,9-10,12-18,20,25H,2,5,8,11,19H2,1H3,(H,32,34)/b28-18-/t20-,25-/m0/s1. The van der Waals surface area contributed by atoms with Crippen LogP contribution in [0.5, 0.6) is 5.75 Å². The van der Waals surface area contributed by atoms with Gasteiger partial charge in [-0.15, -0.1) is 0 Å². The highest BCUT2D eigenvalue weighted by atomic mass is 19.1. The lowest BCUT2D eigenvalue weighted by atomic mass is 9.86. The number of nitrogens with one attached hydrogen (secondary N) is 1. The summed E-state index contributed by atoms with van der Waals surface area (Å²) >= 11 is 0. The van der Waals surface area contributed by atoms with Crippen LogP contribution in [0, 0.1) is 11.7 Å². The highest BCUT2D eigenvalue weighted by Gasteiger charge is 2.31. The van der Waals surface area contributed by atoms with E-state index in [1.807, 2.05) is 12.1 Å². The zero-order chi connectivity index (χ0) is 25.1. The van der Waals surface area contributed by atoms with Gasteiger partial charge >= 0.3 is 0 Å². The number of rotatable bonds is 5. The van der Waals surface area contributed by atoms with Gasteiger partial charge in [-0.05, 0) is 60.7 Å². The molecule has 0 unspecified atom stereocenters. The van der Waals surface area contributed by atoms with Crippen LogP contribution in [0.1, 0.15) is 54.1 Å². The quantitative estimate of drug-likeness (QED) is 0.445. The second-order valence-corrected chi connectivity index (χ2v) is 9.52. The van der Waals surface area contributed by atoms with Crippen LogP contribution in [0.2, 0.25) is 0 Å². The van der Waals surface area contributed by atoms with E-state index in [0.717, 1.165) is 24.8 Å². The van der Waals surface area contributed by atoms with E-state index in [2.05, 4.69) is 12.2 Å².